The van der Waals surface area contributed by atoms with Gasteiger partial charge in [-0.2, -0.15) is 0 Å². The first kappa shape index (κ1) is 25.2. The third-order valence-corrected chi connectivity index (χ3v) is 7.12. The highest BCUT2D eigenvalue weighted by molar-refractivity contribution is 6.21. The molecule has 0 aliphatic carbocycles. The van der Waals surface area contributed by atoms with Crippen LogP contribution in [-0.2, 0) is 0 Å². The lowest BCUT2D eigenvalue weighted by molar-refractivity contribution is 1.25. The Morgan fingerprint density at radius 2 is 0.850 bits per heavy atom. The molecule has 0 saturated heterocycles. The molecule has 7 aromatic rings. The van der Waals surface area contributed by atoms with Gasteiger partial charge >= 0.3 is 0 Å². The molecule has 2 aromatic heterocycles. The molecule has 40 heavy (non-hydrogen) atoms. The van der Waals surface area contributed by atoms with E-state index >= 15 is 0 Å². The van der Waals surface area contributed by atoms with E-state index in [4.69, 9.17) is 4.98 Å². The lowest BCUT2D eigenvalue weighted by atomic mass is 9.85. The Bertz CT molecular complexity index is 1850. The fraction of sp³-hybridized carbons (Fsp3) is 0.0526. The molecule has 0 unspecified atom stereocenters. The van der Waals surface area contributed by atoms with E-state index in [0.717, 1.165) is 22.6 Å². The number of rotatable bonds is 4. The van der Waals surface area contributed by atoms with Crippen LogP contribution in [0.15, 0.2) is 146 Å². The van der Waals surface area contributed by atoms with Crippen LogP contribution < -0.4 is 0 Å². The van der Waals surface area contributed by atoms with Crippen molar-refractivity contribution < 1.29 is 0 Å². The van der Waals surface area contributed by atoms with E-state index in [-0.39, 0.29) is 0 Å². The topological polar surface area (TPSA) is 25.8 Å². The number of hydrogen-bond donors (Lipinski definition) is 0. The first-order valence-corrected chi connectivity index (χ1v) is 13.8. The monoisotopic (exact) mass is 514 g/mol. The molecule has 0 aliphatic rings. The van der Waals surface area contributed by atoms with Gasteiger partial charge in [0.2, 0.25) is 0 Å². The van der Waals surface area contributed by atoms with Crippen LogP contribution in [0.25, 0.3) is 66.4 Å². The third kappa shape index (κ3) is 4.65. The number of fused-ring (bicyclic) bond motifs is 2. The van der Waals surface area contributed by atoms with E-state index in [2.05, 4.69) is 120 Å². The maximum Gasteiger partial charge on any atom is 0.0893 e. The second-order valence-corrected chi connectivity index (χ2v) is 9.41. The van der Waals surface area contributed by atoms with Crippen molar-refractivity contribution in [2.75, 3.05) is 0 Å². The lowest BCUT2D eigenvalue weighted by Gasteiger charge is -2.18. The van der Waals surface area contributed by atoms with E-state index in [1.807, 2.05) is 38.1 Å². The van der Waals surface area contributed by atoms with Gasteiger partial charge in [0, 0.05) is 11.8 Å². The van der Waals surface area contributed by atoms with Gasteiger partial charge in [-0.05, 0) is 74.1 Å². The van der Waals surface area contributed by atoms with Crippen LogP contribution in [0.2, 0.25) is 0 Å². The molecular formula is C38H30N2. The molecule has 0 saturated carbocycles. The average Bonchev–Trinajstić information content (AvgIpc) is 3.05. The molecule has 0 N–H and O–H groups in total. The van der Waals surface area contributed by atoms with Crippen molar-refractivity contribution in [3.63, 3.8) is 0 Å². The number of aromatic nitrogens is 2. The molecular weight excluding hydrogens is 484 g/mol. The van der Waals surface area contributed by atoms with Crippen LogP contribution in [0.1, 0.15) is 13.8 Å². The van der Waals surface area contributed by atoms with Crippen molar-refractivity contribution in [2.45, 2.75) is 13.8 Å². The molecule has 0 bridgehead atoms. The van der Waals surface area contributed by atoms with Crippen LogP contribution in [0, 0.1) is 0 Å². The van der Waals surface area contributed by atoms with Crippen LogP contribution in [0.3, 0.4) is 0 Å². The zero-order valence-electron chi connectivity index (χ0n) is 22.8. The maximum absolute atomic E-state index is 4.96. The van der Waals surface area contributed by atoms with Crippen molar-refractivity contribution in [2.24, 2.45) is 0 Å². The standard InChI is InChI=1S/C36H24N2.C2H6/c1-2-12-25(13-3-1)35-28-16-4-6-18-30(28)36(31-19-7-5-17-29(31)35)27-15-10-14-26(24-27)32-21-11-22-34(38-32)33-20-8-9-23-37-33;1-2/h1-24H;1-2H3. The van der Waals surface area contributed by atoms with Crippen molar-refractivity contribution in [3.8, 4) is 44.9 Å². The summed E-state index contributed by atoms with van der Waals surface area (Å²) in [6.45, 7) is 4.00. The van der Waals surface area contributed by atoms with Crippen molar-refractivity contribution in [1.29, 1.82) is 0 Å². The fourth-order valence-electron chi connectivity index (χ4n) is 5.44. The summed E-state index contributed by atoms with van der Waals surface area (Å²) in [7, 11) is 0. The van der Waals surface area contributed by atoms with Gasteiger partial charge < -0.3 is 0 Å². The highest BCUT2D eigenvalue weighted by atomic mass is 14.8. The highest BCUT2D eigenvalue weighted by Crippen LogP contribution is 2.44. The number of benzene rings is 5. The Hall–Kier alpha value is -5.08. The van der Waals surface area contributed by atoms with Crippen LogP contribution in [0.5, 0.6) is 0 Å². The molecule has 192 valence electrons. The first-order chi connectivity index (χ1) is 19.9. The molecule has 7 rings (SSSR count). The smallest absolute Gasteiger partial charge is 0.0893 e. The summed E-state index contributed by atoms with van der Waals surface area (Å²) in [6.07, 6.45) is 1.81. The van der Waals surface area contributed by atoms with Gasteiger partial charge in [-0.15, -0.1) is 0 Å². The number of hydrogen-bond acceptors (Lipinski definition) is 2. The number of pyridine rings is 2. The summed E-state index contributed by atoms with van der Waals surface area (Å²) >= 11 is 0. The van der Waals surface area contributed by atoms with Gasteiger partial charge in [0.25, 0.3) is 0 Å². The minimum atomic E-state index is 0.872. The Morgan fingerprint density at radius 1 is 0.375 bits per heavy atom. The van der Waals surface area contributed by atoms with E-state index in [9.17, 15) is 0 Å². The zero-order valence-corrected chi connectivity index (χ0v) is 22.8. The molecule has 0 atom stereocenters. The summed E-state index contributed by atoms with van der Waals surface area (Å²) in [6, 6.07) is 49.0. The van der Waals surface area contributed by atoms with E-state index in [1.165, 1.54) is 43.8 Å². The summed E-state index contributed by atoms with van der Waals surface area (Å²) in [4.78, 5) is 9.45. The predicted molar refractivity (Wildman–Crippen MR) is 170 cm³/mol. The molecule has 0 amide bonds. The molecule has 0 spiro atoms. The first-order valence-electron chi connectivity index (χ1n) is 13.8. The molecule has 0 radical (unpaired) electrons. The molecule has 2 heterocycles. The Labute approximate surface area is 235 Å². The minimum Gasteiger partial charge on any atom is -0.255 e. The van der Waals surface area contributed by atoms with Gasteiger partial charge in [0.05, 0.1) is 17.1 Å². The van der Waals surface area contributed by atoms with Crippen LogP contribution in [-0.4, -0.2) is 9.97 Å². The maximum atomic E-state index is 4.96. The van der Waals surface area contributed by atoms with Gasteiger partial charge in [-0.25, -0.2) is 4.98 Å². The third-order valence-electron chi connectivity index (χ3n) is 7.12. The normalized spacial score (nSPS) is 10.8. The molecule has 2 nitrogen and oxygen atoms in total. The Balaban J connectivity index is 0.00000142. The van der Waals surface area contributed by atoms with Gasteiger partial charge in [0.15, 0.2) is 0 Å². The largest absolute Gasteiger partial charge is 0.255 e. The SMILES string of the molecule is CC.c1ccc(-c2c3ccccc3c(-c3cccc(-c4cccc(-c5ccccn5)n4)c3)c3ccccc23)cc1. The van der Waals surface area contributed by atoms with Crippen molar-refractivity contribution in [1.82, 2.24) is 9.97 Å². The second kappa shape index (κ2) is 11.3. The Morgan fingerprint density at radius 3 is 1.48 bits per heavy atom. The second-order valence-electron chi connectivity index (χ2n) is 9.41. The van der Waals surface area contributed by atoms with E-state index < -0.39 is 0 Å². The van der Waals surface area contributed by atoms with Crippen LogP contribution in [0.4, 0.5) is 0 Å². The number of nitrogens with zero attached hydrogens (tertiary/aromatic N) is 2. The summed E-state index contributed by atoms with van der Waals surface area (Å²) < 4.78 is 0. The summed E-state index contributed by atoms with van der Waals surface area (Å²) in [5.74, 6) is 0. The molecule has 5 aromatic carbocycles. The van der Waals surface area contributed by atoms with Crippen LogP contribution >= 0.6 is 0 Å². The fourth-order valence-corrected chi connectivity index (χ4v) is 5.44. The zero-order chi connectivity index (χ0) is 27.3. The van der Waals surface area contributed by atoms with E-state index in [1.54, 1.807) is 6.20 Å². The molecule has 0 aliphatic heterocycles. The van der Waals surface area contributed by atoms with Gasteiger partial charge in [-0.3, -0.25) is 4.98 Å². The Kier molecular flexibility index (Phi) is 7.15. The quantitative estimate of drug-likeness (QED) is 0.218. The van der Waals surface area contributed by atoms with Gasteiger partial charge in [-0.1, -0.05) is 123 Å². The highest BCUT2D eigenvalue weighted by Gasteiger charge is 2.16. The summed E-state index contributed by atoms with van der Waals surface area (Å²) in [5, 5.41) is 5.01. The van der Waals surface area contributed by atoms with Crippen molar-refractivity contribution >= 4 is 21.5 Å². The average molecular weight is 515 g/mol. The van der Waals surface area contributed by atoms with Crippen molar-refractivity contribution in [3.05, 3.63) is 146 Å². The lowest BCUT2D eigenvalue weighted by Crippen LogP contribution is -1.92. The predicted octanol–water partition coefficient (Wildman–Crippen LogP) is 10.5. The van der Waals surface area contributed by atoms with Gasteiger partial charge in [0.1, 0.15) is 0 Å². The van der Waals surface area contributed by atoms with E-state index in [0.29, 0.717) is 0 Å². The molecule has 0 fully saturated rings. The summed E-state index contributed by atoms with van der Waals surface area (Å²) in [5.41, 5.74) is 8.70. The minimum absolute atomic E-state index is 0.872. The molecule has 2 heteroatoms.